The monoisotopic (exact) mass is 391 g/mol. The van der Waals surface area contributed by atoms with Crippen molar-refractivity contribution in [2.24, 2.45) is 5.92 Å². The van der Waals surface area contributed by atoms with Gasteiger partial charge in [-0.2, -0.15) is 26.3 Å². The summed E-state index contributed by atoms with van der Waals surface area (Å²) in [6.07, 6.45) is -10.2. The molecule has 0 bridgehead atoms. The van der Waals surface area contributed by atoms with Crippen LogP contribution in [0.25, 0.3) is 0 Å². The van der Waals surface area contributed by atoms with Crippen molar-refractivity contribution in [3.63, 3.8) is 0 Å². The number of halogens is 7. The summed E-state index contributed by atoms with van der Waals surface area (Å²) in [4.78, 5) is 14.8. The number of ether oxygens (including phenoxy) is 1. The molecule has 1 atom stereocenters. The number of carbonyl (C=O) groups excluding carboxylic acids is 1. The van der Waals surface area contributed by atoms with Crippen molar-refractivity contribution in [1.29, 1.82) is 0 Å². The van der Waals surface area contributed by atoms with E-state index < -0.39 is 30.0 Å². The molecule has 1 aromatic rings. The smallest absolute Gasteiger partial charge is 0.489 e. The van der Waals surface area contributed by atoms with Gasteiger partial charge >= 0.3 is 18.3 Å². The lowest BCUT2D eigenvalue weighted by molar-refractivity contribution is -0.262. The zero-order valence-corrected chi connectivity index (χ0v) is 13.4. The maximum atomic E-state index is 12.6. The van der Waals surface area contributed by atoms with Crippen molar-refractivity contribution in [2.45, 2.75) is 25.4 Å². The van der Waals surface area contributed by atoms with Gasteiger partial charge in [-0.1, -0.05) is 11.6 Å². The first-order valence-electron chi connectivity index (χ1n) is 6.95. The predicted molar refractivity (Wildman–Crippen MR) is 73.8 cm³/mol. The molecule has 0 amide bonds. The van der Waals surface area contributed by atoms with Crippen LogP contribution in [-0.4, -0.2) is 36.4 Å². The molecule has 0 radical (unpaired) electrons. The summed E-state index contributed by atoms with van der Waals surface area (Å²) in [5.41, 5.74) is -0.925. The molecule has 4 nitrogen and oxygen atoms in total. The van der Waals surface area contributed by atoms with Crippen molar-refractivity contribution in [2.75, 3.05) is 13.1 Å². The van der Waals surface area contributed by atoms with E-state index in [0.717, 1.165) is 23.3 Å². The Morgan fingerprint density at radius 2 is 1.84 bits per heavy atom. The van der Waals surface area contributed by atoms with Crippen LogP contribution in [0.15, 0.2) is 18.2 Å². The van der Waals surface area contributed by atoms with E-state index in [1.165, 1.54) is 0 Å². The number of alkyl halides is 6. The number of benzene rings is 1. The minimum Gasteiger partial charge on any atom is -0.489 e. The quantitative estimate of drug-likeness (QED) is 0.725. The third kappa shape index (κ3) is 4.91. The first-order chi connectivity index (χ1) is 11.4. The average molecular weight is 392 g/mol. The molecule has 140 valence electrons. The second-order valence-corrected chi connectivity index (χ2v) is 5.86. The molecule has 0 aromatic heterocycles. The van der Waals surface area contributed by atoms with Crippen molar-refractivity contribution < 1.29 is 40.7 Å². The maximum absolute atomic E-state index is 12.6. The summed E-state index contributed by atoms with van der Waals surface area (Å²) in [5.74, 6) is -2.57. The molecule has 0 N–H and O–H groups in total. The fourth-order valence-electron chi connectivity index (χ4n) is 2.08. The molecule has 1 unspecified atom stereocenters. The van der Waals surface area contributed by atoms with Gasteiger partial charge in [-0.15, -0.1) is 5.06 Å². The Bertz CT molecular complexity index is 642. The Labute approximate surface area is 143 Å². The summed E-state index contributed by atoms with van der Waals surface area (Å²) >= 11 is 5.76. The highest BCUT2D eigenvalue weighted by atomic mass is 35.5. The third-order valence-corrected chi connectivity index (χ3v) is 3.85. The highest BCUT2D eigenvalue weighted by Gasteiger charge is 2.45. The fourth-order valence-corrected chi connectivity index (χ4v) is 2.30. The van der Waals surface area contributed by atoms with E-state index in [2.05, 4.69) is 4.84 Å². The van der Waals surface area contributed by atoms with Crippen LogP contribution in [0.2, 0.25) is 5.02 Å². The van der Waals surface area contributed by atoms with E-state index in [1.54, 1.807) is 6.92 Å². The maximum Gasteiger partial charge on any atom is 0.492 e. The van der Waals surface area contributed by atoms with Gasteiger partial charge in [-0.3, -0.25) is 0 Å². The van der Waals surface area contributed by atoms with Crippen molar-refractivity contribution >= 4 is 17.6 Å². The highest BCUT2D eigenvalue weighted by molar-refractivity contribution is 6.32. The van der Waals surface area contributed by atoms with Crippen LogP contribution in [-0.2, 0) is 15.8 Å². The van der Waals surface area contributed by atoms with Gasteiger partial charge in [-0.25, -0.2) is 4.79 Å². The second-order valence-electron chi connectivity index (χ2n) is 5.45. The number of carbonyl (C=O) groups is 1. The standard InChI is InChI=1S/C14H12ClF6NO3/c1-7(8-5-22(6-8)25-12(23)14(19,20)21)24-11-3-2-9(4-10(11)15)13(16,17)18/h2-4,7-8H,5-6H2,1H3. The van der Waals surface area contributed by atoms with Crippen molar-refractivity contribution in [3.05, 3.63) is 28.8 Å². The van der Waals surface area contributed by atoms with Crippen LogP contribution in [0.4, 0.5) is 26.3 Å². The lowest BCUT2D eigenvalue weighted by atomic mass is 9.97. The van der Waals surface area contributed by atoms with Crippen LogP contribution in [0.3, 0.4) is 0 Å². The van der Waals surface area contributed by atoms with E-state index >= 15 is 0 Å². The molecule has 11 heteroatoms. The van der Waals surface area contributed by atoms with Gasteiger partial charge in [0.25, 0.3) is 0 Å². The Balaban J connectivity index is 1.88. The molecule has 1 saturated heterocycles. The Kier molecular flexibility index (Phi) is 5.43. The molecular weight excluding hydrogens is 380 g/mol. The number of hydrogen-bond acceptors (Lipinski definition) is 4. The molecule has 1 aliphatic rings. The number of rotatable bonds is 4. The number of hydrogen-bond donors (Lipinski definition) is 0. The van der Waals surface area contributed by atoms with Gasteiger partial charge in [-0.05, 0) is 25.1 Å². The molecule has 1 heterocycles. The zero-order valence-electron chi connectivity index (χ0n) is 12.6. The average Bonchev–Trinajstić information content (AvgIpc) is 2.41. The molecule has 2 rings (SSSR count). The van der Waals surface area contributed by atoms with Crippen LogP contribution in [0.5, 0.6) is 5.75 Å². The largest absolute Gasteiger partial charge is 0.492 e. The minimum absolute atomic E-state index is 0.00123. The van der Waals surface area contributed by atoms with Crippen LogP contribution >= 0.6 is 11.6 Å². The zero-order chi connectivity index (χ0) is 19.0. The molecule has 0 aliphatic carbocycles. The molecule has 1 aromatic carbocycles. The molecule has 25 heavy (non-hydrogen) atoms. The van der Waals surface area contributed by atoms with E-state index in [1.807, 2.05) is 0 Å². The molecule has 0 saturated carbocycles. The first-order valence-corrected chi connectivity index (χ1v) is 7.33. The lowest BCUT2D eigenvalue weighted by Gasteiger charge is -2.40. The van der Waals surface area contributed by atoms with E-state index in [-0.39, 0.29) is 29.8 Å². The Morgan fingerprint density at radius 1 is 1.24 bits per heavy atom. The van der Waals surface area contributed by atoms with Gasteiger partial charge in [0.05, 0.1) is 10.6 Å². The second kappa shape index (κ2) is 6.91. The first kappa shape index (κ1) is 19.6. The predicted octanol–water partition coefficient (Wildman–Crippen LogP) is 4.08. The minimum atomic E-state index is -5.08. The summed E-state index contributed by atoms with van der Waals surface area (Å²) in [7, 11) is 0. The highest BCUT2D eigenvalue weighted by Crippen LogP contribution is 2.36. The molecular formula is C14H12ClF6NO3. The lowest BCUT2D eigenvalue weighted by Crippen LogP contribution is -2.54. The molecule has 1 fully saturated rings. The van der Waals surface area contributed by atoms with E-state index in [0.29, 0.717) is 0 Å². The van der Waals surface area contributed by atoms with Crippen molar-refractivity contribution in [1.82, 2.24) is 5.06 Å². The van der Waals surface area contributed by atoms with Crippen molar-refractivity contribution in [3.8, 4) is 5.75 Å². The van der Waals surface area contributed by atoms with Gasteiger partial charge in [0.15, 0.2) is 0 Å². The fraction of sp³-hybridized carbons (Fsp3) is 0.500. The number of nitrogens with zero attached hydrogens (tertiary/aromatic N) is 1. The number of hydroxylamine groups is 2. The Hall–Kier alpha value is -1.68. The van der Waals surface area contributed by atoms with Gasteiger partial charge in [0.2, 0.25) is 0 Å². The van der Waals surface area contributed by atoms with Crippen LogP contribution < -0.4 is 4.74 Å². The van der Waals surface area contributed by atoms with Gasteiger partial charge < -0.3 is 9.57 Å². The van der Waals surface area contributed by atoms with Gasteiger partial charge in [0.1, 0.15) is 11.9 Å². The summed E-state index contributed by atoms with van der Waals surface area (Å²) in [5, 5.41) is 0.593. The van der Waals surface area contributed by atoms with E-state index in [4.69, 9.17) is 16.3 Å². The third-order valence-electron chi connectivity index (χ3n) is 3.56. The summed E-state index contributed by atoms with van der Waals surface area (Å²) in [6.45, 7) is 1.59. The van der Waals surface area contributed by atoms with Crippen LogP contribution in [0, 0.1) is 5.92 Å². The normalized spacial score (nSPS) is 17.8. The SMILES string of the molecule is CC(Oc1ccc(C(F)(F)F)cc1Cl)C1CN(OC(=O)C(F)(F)F)C1. The molecule has 1 aliphatic heterocycles. The van der Waals surface area contributed by atoms with E-state index in [9.17, 15) is 31.1 Å². The Morgan fingerprint density at radius 3 is 2.32 bits per heavy atom. The summed E-state index contributed by atoms with van der Waals surface area (Å²) < 4.78 is 79.3. The molecule has 0 spiro atoms. The summed E-state index contributed by atoms with van der Waals surface area (Å²) in [6, 6.07) is 2.61. The van der Waals surface area contributed by atoms with Gasteiger partial charge in [0, 0.05) is 19.0 Å². The topological polar surface area (TPSA) is 38.8 Å². The van der Waals surface area contributed by atoms with Crippen LogP contribution in [0.1, 0.15) is 12.5 Å².